The van der Waals surface area contributed by atoms with Gasteiger partial charge in [-0.2, -0.15) is 0 Å². The van der Waals surface area contributed by atoms with E-state index in [4.69, 9.17) is 9.47 Å². The fraction of sp³-hybridized carbons (Fsp3) is 0.571. The summed E-state index contributed by atoms with van der Waals surface area (Å²) in [4.78, 5) is 2.42. The summed E-state index contributed by atoms with van der Waals surface area (Å²) in [7, 11) is 2.20. The number of fused-ring (bicyclic) bond motifs is 1. The molecule has 18 heavy (non-hydrogen) atoms. The Labute approximate surface area is 108 Å². The van der Waals surface area contributed by atoms with Gasteiger partial charge in [0.05, 0.1) is 0 Å². The number of hydrogen-bond acceptors (Lipinski definition) is 4. The van der Waals surface area contributed by atoms with Crippen LogP contribution in [0.1, 0.15) is 12.8 Å². The van der Waals surface area contributed by atoms with E-state index >= 15 is 0 Å². The molecule has 0 aromatic heterocycles. The number of likely N-dealkylation sites (N-methyl/N-ethyl adjacent to an activating group) is 1. The fourth-order valence-corrected chi connectivity index (χ4v) is 2.63. The Morgan fingerprint density at radius 1 is 1.28 bits per heavy atom. The molecule has 1 atom stereocenters. The summed E-state index contributed by atoms with van der Waals surface area (Å²) in [6, 6.07) is 6.72. The van der Waals surface area contributed by atoms with Crippen LogP contribution < -0.4 is 14.8 Å². The molecule has 0 spiro atoms. The van der Waals surface area contributed by atoms with Crippen LogP contribution in [0.15, 0.2) is 18.2 Å². The number of benzene rings is 1. The molecule has 98 valence electrons. The Balaban J connectivity index is 1.62. The van der Waals surface area contributed by atoms with Crippen LogP contribution in [-0.4, -0.2) is 44.3 Å². The minimum absolute atomic E-state index is 0.641. The predicted octanol–water partition coefficient (Wildman–Crippen LogP) is 1.96. The number of rotatable bonds is 3. The molecule has 0 amide bonds. The van der Waals surface area contributed by atoms with Crippen LogP contribution >= 0.6 is 0 Å². The van der Waals surface area contributed by atoms with E-state index < -0.39 is 0 Å². The van der Waals surface area contributed by atoms with Gasteiger partial charge in [0.25, 0.3) is 0 Å². The van der Waals surface area contributed by atoms with Gasteiger partial charge in [0.1, 0.15) is 13.2 Å². The van der Waals surface area contributed by atoms with Crippen molar-refractivity contribution in [3.05, 3.63) is 18.2 Å². The molecule has 4 heteroatoms. The average molecular weight is 248 g/mol. The zero-order valence-electron chi connectivity index (χ0n) is 10.8. The third-order valence-electron chi connectivity index (χ3n) is 3.76. The summed E-state index contributed by atoms with van der Waals surface area (Å²) in [5.74, 6) is 1.70. The topological polar surface area (TPSA) is 33.7 Å². The van der Waals surface area contributed by atoms with Crippen molar-refractivity contribution in [2.24, 2.45) is 0 Å². The van der Waals surface area contributed by atoms with Crippen LogP contribution in [0, 0.1) is 0 Å². The van der Waals surface area contributed by atoms with Crippen molar-refractivity contribution in [3.63, 3.8) is 0 Å². The summed E-state index contributed by atoms with van der Waals surface area (Å²) >= 11 is 0. The third-order valence-corrected chi connectivity index (χ3v) is 3.76. The van der Waals surface area contributed by atoms with Crippen molar-refractivity contribution < 1.29 is 9.47 Å². The fourth-order valence-electron chi connectivity index (χ4n) is 2.63. The quantitative estimate of drug-likeness (QED) is 0.886. The molecule has 1 aromatic rings. The molecular weight excluding hydrogens is 228 g/mol. The van der Waals surface area contributed by atoms with Gasteiger partial charge in [-0.25, -0.2) is 0 Å². The Kier molecular flexibility index (Phi) is 3.28. The zero-order valence-corrected chi connectivity index (χ0v) is 10.8. The molecule has 3 rings (SSSR count). The summed E-state index contributed by atoms with van der Waals surface area (Å²) in [5, 5.41) is 3.49. The molecular formula is C14H20N2O2. The Morgan fingerprint density at radius 2 is 2.11 bits per heavy atom. The van der Waals surface area contributed by atoms with E-state index in [0.717, 1.165) is 23.7 Å². The summed E-state index contributed by atoms with van der Waals surface area (Å²) in [6.07, 6.45) is 2.60. The number of hydrogen-bond donors (Lipinski definition) is 1. The first kappa shape index (κ1) is 11.7. The van der Waals surface area contributed by atoms with Crippen molar-refractivity contribution in [1.82, 2.24) is 4.90 Å². The van der Waals surface area contributed by atoms with Crippen molar-refractivity contribution in [2.75, 3.05) is 38.7 Å². The highest BCUT2D eigenvalue weighted by atomic mass is 16.6. The minimum Gasteiger partial charge on any atom is -0.486 e. The second-order valence-corrected chi connectivity index (χ2v) is 5.02. The molecule has 2 aliphatic rings. The molecule has 1 unspecified atom stereocenters. The highest BCUT2D eigenvalue weighted by molar-refractivity contribution is 5.55. The van der Waals surface area contributed by atoms with E-state index in [1.165, 1.54) is 19.4 Å². The van der Waals surface area contributed by atoms with Gasteiger partial charge in [-0.1, -0.05) is 0 Å². The molecule has 4 nitrogen and oxygen atoms in total. The maximum Gasteiger partial charge on any atom is 0.163 e. The van der Waals surface area contributed by atoms with E-state index in [1.807, 2.05) is 12.1 Å². The molecule has 0 saturated carbocycles. The molecule has 1 aromatic carbocycles. The zero-order chi connectivity index (χ0) is 12.4. The van der Waals surface area contributed by atoms with Gasteiger partial charge >= 0.3 is 0 Å². The van der Waals surface area contributed by atoms with Crippen molar-refractivity contribution in [1.29, 1.82) is 0 Å². The van der Waals surface area contributed by atoms with Crippen LogP contribution in [-0.2, 0) is 0 Å². The lowest BCUT2D eigenvalue weighted by Gasteiger charge is -2.22. The normalized spacial score (nSPS) is 23.1. The largest absolute Gasteiger partial charge is 0.486 e. The number of likely N-dealkylation sites (tertiary alicyclic amines) is 1. The first-order valence-corrected chi connectivity index (χ1v) is 6.67. The number of nitrogens with one attached hydrogen (secondary N) is 1. The number of anilines is 1. The van der Waals surface area contributed by atoms with Gasteiger partial charge in [-0.05, 0) is 38.6 Å². The van der Waals surface area contributed by atoms with Crippen LogP contribution in [0.5, 0.6) is 11.5 Å². The number of nitrogens with zero attached hydrogens (tertiary/aromatic N) is 1. The lowest BCUT2D eigenvalue weighted by atomic mass is 10.2. The van der Waals surface area contributed by atoms with Crippen molar-refractivity contribution in [2.45, 2.75) is 18.9 Å². The first-order chi connectivity index (χ1) is 8.83. The van der Waals surface area contributed by atoms with Crippen LogP contribution in [0.25, 0.3) is 0 Å². The van der Waals surface area contributed by atoms with Gasteiger partial charge < -0.3 is 19.7 Å². The molecule has 0 radical (unpaired) electrons. The first-order valence-electron chi connectivity index (χ1n) is 6.67. The summed E-state index contributed by atoms with van der Waals surface area (Å²) < 4.78 is 11.1. The SMILES string of the molecule is CN1CCCC1CNc1ccc2c(c1)OCCO2. The van der Waals surface area contributed by atoms with E-state index in [2.05, 4.69) is 23.3 Å². The van der Waals surface area contributed by atoms with Crippen LogP contribution in [0.4, 0.5) is 5.69 Å². The molecule has 1 N–H and O–H groups in total. The predicted molar refractivity (Wildman–Crippen MR) is 71.6 cm³/mol. The Bertz CT molecular complexity index is 422. The maximum atomic E-state index is 5.58. The smallest absolute Gasteiger partial charge is 0.163 e. The van der Waals surface area contributed by atoms with Crippen LogP contribution in [0.2, 0.25) is 0 Å². The minimum atomic E-state index is 0.641. The summed E-state index contributed by atoms with van der Waals surface area (Å²) in [5.41, 5.74) is 1.11. The highest BCUT2D eigenvalue weighted by Gasteiger charge is 2.20. The number of ether oxygens (including phenoxy) is 2. The lowest BCUT2D eigenvalue weighted by molar-refractivity contribution is 0.171. The standard InChI is InChI=1S/C14H20N2O2/c1-16-6-2-3-12(16)10-15-11-4-5-13-14(9-11)18-8-7-17-13/h4-5,9,12,15H,2-3,6-8,10H2,1H3. The van der Waals surface area contributed by atoms with E-state index in [1.54, 1.807) is 0 Å². The third kappa shape index (κ3) is 2.38. The van der Waals surface area contributed by atoms with Gasteiger partial charge in [0.15, 0.2) is 11.5 Å². The Hall–Kier alpha value is -1.42. The molecule has 2 aliphatic heterocycles. The van der Waals surface area contributed by atoms with E-state index in [-0.39, 0.29) is 0 Å². The lowest BCUT2D eigenvalue weighted by Crippen LogP contribution is -2.31. The molecule has 0 bridgehead atoms. The molecule has 2 heterocycles. The van der Waals surface area contributed by atoms with Gasteiger partial charge in [-0.15, -0.1) is 0 Å². The van der Waals surface area contributed by atoms with Crippen LogP contribution in [0.3, 0.4) is 0 Å². The van der Waals surface area contributed by atoms with Gasteiger partial charge in [-0.3, -0.25) is 0 Å². The molecule has 0 aliphatic carbocycles. The molecule has 1 fully saturated rings. The maximum absolute atomic E-state index is 5.58. The van der Waals surface area contributed by atoms with Crippen molar-refractivity contribution in [3.8, 4) is 11.5 Å². The Morgan fingerprint density at radius 3 is 2.89 bits per heavy atom. The second kappa shape index (κ2) is 5.06. The van der Waals surface area contributed by atoms with Crippen molar-refractivity contribution >= 4 is 5.69 Å². The average Bonchev–Trinajstić information content (AvgIpc) is 2.82. The van der Waals surface area contributed by atoms with E-state index in [0.29, 0.717) is 19.3 Å². The van der Waals surface area contributed by atoms with Gasteiger partial charge in [0, 0.05) is 24.3 Å². The second-order valence-electron chi connectivity index (χ2n) is 5.02. The monoisotopic (exact) mass is 248 g/mol. The molecule has 1 saturated heterocycles. The summed E-state index contributed by atoms with van der Waals surface area (Å²) in [6.45, 7) is 3.50. The highest BCUT2D eigenvalue weighted by Crippen LogP contribution is 2.32. The van der Waals surface area contributed by atoms with Gasteiger partial charge in [0.2, 0.25) is 0 Å². The van der Waals surface area contributed by atoms with E-state index in [9.17, 15) is 0 Å².